The van der Waals surface area contributed by atoms with Gasteiger partial charge in [0.15, 0.2) is 11.2 Å². The Hall–Kier alpha value is -3.42. The van der Waals surface area contributed by atoms with Crippen molar-refractivity contribution >= 4 is 52.0 Å². The summed E-state index contributed by atoms with van der Waals surface area (Å²) in [5, 5.41) is 8.13. The van der Waals surface area contributed by atoms with Crippen molar-refractivity contribution in [1.29, 1.82) is 0 Å². The van der Waals surface area contributed by atoms with Crippen LogP contribution in [0, 0.1) is 6.92 Å². The summed E-state index contributed by atoms with van der Waals surface area (Å²) in [7, 11) is 0. The SMILES string of the molecule is Cc1cc(NC(=O)/C=C/c2coc3ccccc3c2=O)n(-c2ncc(Cl)cc2Cl)n1. The summed E-state index contributed by atoms with van der Waals surface area (Å²) in [6, 6.07) is 10.1. The number of benzene rings is 1. The molecule has 1 N–H and O–H groups in total. The predicted octanol–water partition coefficient (Wildman–Crippen LogP) is 4.64. The van der Waals surface area contributed by atoms with E-state index < -0.39 is 5.91 Å². The van der Waals surface area contributed by atoms with Crippen LogP contribution in [-0.4, -0.2) is 20.7 Å². The van der Waals surface area contributed by atoms with Gasteiger partial charge in [0, 0.05) is 18.3 Å². The van der Waals surface area contributed by atoms with Crippen LogP contribution in [0.4, 0.5) is 5.82 Å². The van der Waals surface area contributed by atoms with Gasteiger partial charge in [0.25, 0.3) is 0 Å². The van der Waals surface area contributed by atoms with Crippen LogP contribution in [0.5, 0.6) is 0 Å². The van der Waals surface area contributed by atoms with E-state index in [1.807, 2.05) is 0 Å². The lowest BCUT2D eigenvalue weighted by Crippen LogP contribution is -2.13. The molecule has 0 bridgehead atoms. The number of carbonyl (C=O) groups excluding carboxylic acids is 1. The average molecular weight is 441 g/mol. The van der Waals surface area contributed by atoms with Gasteiger partial charge in [-0.25, -0.2) is 4.98 Å². The number of nitrogens with zero attached hydrogens (tertiary/aromatic N) is 3. The molecule has 0 aliphatic heterocycles. The first-order chi connectivity index (χ1) is 14.4. The summed E-state index contributed by atoms with van der Waals surface area (Å²) < 4.78 is 6.85. The molecule has 0 aliphatic rings. The van der Waals surface area contributed by atoms with Crippen molar-refractivity contribution in [1.82, 2.24) is 14.8 Å². The molecular weight excluding hydrogens is 427 g/mol. The molecule has 0 saturated heterocycles. The van der Waals surface area contributed by atoms with Gasteiger partial charge < -0.3 is 9.73 Å². The lowest BCUT2D eigenvalue weighted by atomic mass is 10.1. The van der Waals surface area contributed by atoms with E-state index in [9.17, 15) is 9.59 Å². The fraction of sp³-hybridized carbons (Fsp3) is 0.0476. The maximum atomic E-state index is 12.5. The number of aryl methyl sites for hydroxylation is 1. The molecule has 0 atom stereocenters. The average Bonchev–Trinajstić information content (AvgIpc) is 3.07. The molecule has 0 aliphatic carbocycles. The van der Waals surface area contributed by atoms with Crippen molar-refractivity contribution in [3.8, 4) is 5.82 Å². The van der Waals surface area contributed by atoms with Crippen molar-refractivity contribution in [2.24, 2.45) is 0 Å². The molecule has 3 heterocycles. The van der Waals surface area contributed by atoms with Gasteiger partial charge in [-0.05, 0) is 31.2 Å². The Morgan fingerprint density at radius 1 is 1.23 bits per heavy atom. The van der Waals surface area contributed by atoms with Crippen LogP contribution in [0.2, 0.25) is 10.0 Å². The normalized spacial score (nSPS) is 11.3. The summed E-state index contributed by atoms with van der Waals surface area (Å²) in [6.07, 6.45) is 5.39. The highest BCUT2D eigenvalue weighted by Gasteiger charge is 2.14. The number of aromatic nitrogens is 3. The van der Waals surface area contributed by atoms with Crippen molar-refractivity contribution in [2.75, 3.05) is 5.32 Å². The van der Waals surface area contributed by atoms with E-state index in [0.29, 0.717) is 33.3 Å². The van der Waals surface area contributed by atoms with Crippen molar-refractivity contribution in [2.45, 2.75) is 6.92 Å². The molecule has 9 heteroatoms. The highest BCUT2D eigenvalue weighted by molar-refractivity contribution is 6.35. The molecule has 0 saturated carbocycles. The van der Waals surface area contributed by atoms with Gasteiger partial charge in [-0.1, -0.05) is 35.3 Å². The maximum absolute atomic E-state index is 12.5. The number of hydrogen-bond acceptors (Lipinski definition) is 5. The standard InChI is InChI=1S/C21H14Cl2N4O3/c1-12-8-18(27(26-12)21-16(23)9-14(22)10-24-21)25-19(28)7-6-13-11-30-17-5-3-2-4-15(17)20(13)29/h2-11H,1H3,(H,25,28)/b7-6+. The molecule has 0 fully saturated rings. The molecule has 0 spiro atoms. The Morgan fingerprint density at radius 2 is 2.03 bits per heavy atom. The van der Waals surface area contributed by atoms with Crippen LogP contribution in [-0.2, 0) is 4.79 Å². The second-order valence-electron chi connectivity index (χ2n) is 6.38. The Balaban J connectivity index is 1.60. The van der Waals surface area contributed by atoms with E-state index in [0.717, 1.165) is 0 Å². The van der Waals surface area contributed by atoms with Gasteiger partial charge in [0.1, 0.15) is 17.7 Å². The van der Waals surface area contributed by atoms with Crippen LogP contribution < -0.4 is 10.7 Å². The summed E-state index contributed by atoms with van der Waals surface area (Å²) in [4.78, 5) is 29.1. The summed E-state index contributed by atoms with van der Waals surface area (Å²) in [5.41, 5.74) is 1.17. The maximum Gasteiger partial charge on any atom is 0.249 e. The second kappa shape index (κ2) is 8.14. The molecular formula is C21H14Cl2N4O3. The summed E-state index contributed by atoms with van der Waals surface area (Å²) in [6.45, 7) is 1.77. The van der Waals surface area contributed by atoms with E-state index in [1.165, 1.54) is 35.4 Å². The quantitative estimate of drug-likeness (QED) is 0.466. The molecule has 30 heavy (non-hydrogen) atoms. The molecule has 4 aromatic rings. The zero-order valence-corrected chi connectivity index (χ0v) is 17.1. The predicted molar refractivity (Wildman–Crippen MR) is 116 cm³/mol. The van der Waals surface area contributed by atoms with Gasteiger partial charge in [-0.3, -0.25) is 9.59 Å². The highest BCUT2D eigenvalue weighted by atomic mass is 35.5. The molecule has 7 nitrogen and oxygen atoms in total. The lowest BCUT2D eigenvalue weighted by Gasteiger charge is -2.08. The third kappa shape index (κ3) is 3.98. The number of rotatable bonds is 4. The van der Waals surface area contributed by atoms with Crippen LogP contribution in [0.1, 0.15) is 11.3 Å². The molecule has 0 radical (unpaired) electrons. The highest BCUT2D eigenvalue weighted by Crippen LogP contribution is 2.25. The van der Waals surface area contributed by atoms with E-state index in [4.69, 9.17) is 27.6 Å². The van der Waals surface area contributed by atoms with Crippen molar-refractivity contribution in [3.63, 3.8) is 0 Å². The third-order valence-corrected chi connectivity index (χ3v) is 4.68. The van der Waals surface area contributed by atoms with Gasteiger partial charge in [-0.15, -0.1) is 0 Å². The van der Waals surface area contributed by atoms with Crippen LogP contribution in [0.15, 0.2) is 64.1 Å². The fourth-order valence-electron chi connectivity index (χ4n) is 2.85. The smallest absolute Gasteiger partial charge is 0.249 e. The topological polar surface area (TPSA) is 90.0 Å². The number of anilines is 1. The second-order valence-corrected chi connectivity index (χ2v) is 7.22. The molecule has 1 aromatic carbocycles. The third-order valence-electron chi connectivity index (χ3n) is 4.19. The number of halogens is 2. The number of fused-ring (bicyclic) bond motifs is 1. The van der Waals surface area contributed by atoms with Gasteiger partial charge >= 0.3 is 0 Å². The zero-order valence-electron chi connectivity index (χ0n) is 15.6. The van der Waals surface area contributed by atoms with E-state index in [2.05, 4.69) is 15.4 Å². The number of amides is 1. The number of nitrogens with one attached hydrogen (secondary N) is 1. The van der Waals surface area contributed by atoms with E-state index in [1.54, 1.807) is 37.3 Å². The van der Waals surface area contributed by atoms with Gasteiger partial charge in [0.2, 0.25) is 5.91 Å². The number of para-hydroxylation sites is 1. The first-order valence-electron chi connectivity index (χ1n) is 8.80. The Bertz CT molecular complexity index is 1360. The summed E-state index contributed by atoms with van der Waals surface area (Å²) in [5.74, 6) is 0.224. The first kappa shape index (κ1) is 19.9. The van der Waals surface area contributed by atoms with Gasteiger partial charge in [0.05, 0.1) is 26.7 Å². The van der Waals surface area contributed by atoms with Crippen molar-refractivity contribution in [3.05, 3.63) is 86.5 Å². The molecule has 150 valence electrons. The van der Waals surface area contributed by atoms with Gasteiger partial charge in [-0.2, -0.15) is 9.78 Å². The minimum Gasteiger partial charge on any atom is -0.463 e. The first-order valence-corrected chi connectivity index (χ1v) is 9.55. The minimum absolute atomic E-state index is 0.223. The molecule has 0 unspecified atom stereocenters. The minimum atomic E-state index is -0.464. The lowest BCUT2D eigenvalue weighted by molar-refractivity contribution is -0.111. The number of hydrogen-bond donors (Lipinski definition) is 1. The van der Waals surface area contributed by atoms with Crippen LogP contribution in [0.3, 0.4) is 0 Å². The van der Waals surface area contributed by atoms with Crippen LogP contribution in [0.25, 0.3) is 22.9 Å². The number of carbonyl (C=O) groups is 1. The zero-order chi connectivity index (χ0) is 21.3. The van der Waals surface area contributed by atoms with Crippen LogP contribution >= 0.6 is 23.2 Å². The molecule has 3 aromatic heterocycles. The monoisotopic (exact) mass is 440 g/mol. The van der Waals surface area contributed by atoms with E-state index in [-0.39, 0.29) is 16.0 Å². The van der Waals surface area contributed by atoms with Crippen molar-refractivity contribution < 1.29 is 9.21 Å². The Morgan fingerprint density at radius 3 is 2.83 bits per heavy atom. The Labute approximate surface area is 180 Å². The van der Waals surface area contributed by atoms with E-state index >= 15 is 0 Å². The molecule has 4 rings (SSSR count). The fourth-order valence-corrected chi connectivity index (χ4v) is 3.31. The Kier molecular flexibility index (Phi) is 5.39. The number of pyridine rings is 1. The summed E-state index contributed by atoms with van der Waals surface area (Å²) >= 11 is 12.1. The molecule has 1 amide bonds. The largest absolute Gasteiger partial charge is 0.463 e.